The fourth-order valence-corrected chi connectivity index (χ4v) is 3.40. The van der Waals surface area contributed by atoms with Crippen LogP contribution in [0.25, 0.3) is 0 Å². The fraction of sp³-hybridized carbons (Fsp3) is 0.125. The average Bonchev–Trinajstić information content (AvgIpc) is 2.53. The van der Waals surface area contributed by atoms with Crippen LogP contribution in [0.1, 0.15) is 11.1 Å². The number of hydrogen-bond donors (Lipinski definition) is 1. The molecule has 0 aliphatic heterocycles. The third kappa shape index (κ3) is 4.50. The highest BCUT2D eigenvalue weighted by Gasteiger charge is 2.32. The molecule has 0 saturated carbocycles. The number of rotatable bonds is 6. The third-order valence-electron chi connectivity index (χ3n) is 3.28. The van der Waals surface area contributed by atoms with E-state index < -0.39 is 49.8 Å². The van der Waals surface area contributed by atoms with Gasteiger partial charge in [0.25, 0.3) is 0 Å². The SMILES string of the molecule is N#Cc1c(Oc2cc(F)cc(Cl)c2)ccc(S(=O)(=O)C(F)F)c1CC(=O)O. The minimum atomic E-state index is -5.17. The van der Waals surface area contributed by atoms with Gasteiger partial charge in [-0.15, -0.1) is 0 Å². The highest BCUT2D eigenvalue weighted by Crippen LogP contribution is 2.34. The fourth-order valence-electron chi connectivity index (χ4n) is 2.22. The number of carboxylic acid groups (broad SMARTS) is 1. The maximum Gasteiger partial charge on any atom is 0.341 e. The van der Waals surface area contributed by atoms with Crippen LogP contribution in [0.2, 0.25) is 5.02 Å². The van der Waals surface area contributed by atoms with Gasteiger partial charge in [0.1, 0.15) is 23.4 Å². The molecule has 0 spiro atoms. The van der Waals surface area contributed by atoms with Crippen LogP contribution < -0.4 is 4.74 Å². The van der Waals surface area contributed by atoms with Crippen LogP contribution in [0, 0.1) is 17.1 Å². The van der Waals surface area contributed by atoms with Crippen LogP contribution in [0.4, 0.5) is 13.2 Å². The van der Waals surface area contributed by atoms with E-state index in [9.17, 15) is 31.6 Å². The van der Waals surface area contributed by atoms with Crippen molar-refractivity contribution in [3.8, 4) is 17.6 Å². The molecule has 2 aromatic carbocycles. The molecular weight excluding hydrogens is 411 g/mol. The number of nitriles is 1. The predicted molar refractivity (Wildman–Crippen MR) is 87.2 cm³/mol. The number of aliphatic carboxylic acids is 1. The van der Waals surface area contributed by atoms with Gasteiger partial charge in [-0.25, -0.2) is 12.8 Å². The molecule has 0 radical (unpaired) electrons. The van der Waals surface area contributed by atoms with Crippen molar-refractivity contribution in [3.05, 3.63) is 52.3 Å². The van der Waals surface area contributed by atoms with Gasteiger partial charge in [-0.2, -0.15) is 14.0 Å². The molecule has 0 heterocycles. The maximum atomic E-state index is 13.4. The number of ether oxygens (including phenoxy) is 1. The topological polar surface area (TPSA) is 104 Å². The first-order valence-electron chi connectivity index (χ1n) is 7.00. The predicted octanol–water partition coefficient (Wildman–Crippen LogP) is 3.77. The van der Waals surface area contributed by atoms with Crippen LogP contribution in [0.5, 0.6) is 11.5 Å². The van der Waals surface area contributed by atoms with Crippen molar-refractivity contribution in [3.63, 3.8) is 0 Å². The lowest BCUT2D eigenvalue weighted by Crippen LogP contribution is -2.16. The summed E-state index contributed by atoms with van der Waals surface area (Å²) in [4.78, 5) is 10.0. The quantitative estimate of drug-likeness (QED) is 0.764. The first-order chi connectivity index (χ1) is 12.6. The summed E-state index contributed by atoms with van der Waals surface area (Å²) >= 11 is 5.68. The standard InChI is InChI=1S/C16H9ClF3NO5S/c17-8-3-9(18)5-10(4-8)26-13-1-2-14(27(24,25)16(19)20)11(6-15(22)23)12(13)7-21/h1-5,16H,6H2,(H,22,23). The largest absolute Gasteiger partial charge is 0.481 e. The molecule has 0 unspecified atom stereocenters. The second-order valence-corrected chi connectivity index (χ2v) is 7.43. The van der Waals surface area contributed by atoms with Gasteiger partial charge in [0.2, 0.25) is 9.84 Å². The van der Waals surface area contributed by atoms with E-state index in [1.54, 1.807) is 6.07 Å². The van der Waals surface area contributed by atoms with Crippen LogP contribution in [-0.4, -0.2) is 25.3 Å². The second-order valence-electron chi connectivity index (χ2n) is 5.11. The molecule has 0 atom stereocenters. The normalized spacial score (nSPS) is 11.3. The van der Waals surface area contributed by atoms with Crippen LogP contribution >= 0.6 is 11.6 Å². The molecule has 6 nitrogen and oxygen atoms in total. The van der Waals surface area contributed by atoms with Gasteiger partial charge in [0.05, 0.1) is 16.9 Å². The van der Waals surface area contributed by atoms with Gasteiger partial charge in [0, 0.05) is 16.7 Å². The van der Waals surface area contributed by atoms with Crippen LogP contribution in [0.3, 0.4) is 0 Å². The lowest BCUT2D eigenvalue weighted by molar-refractivity contribution is -0.136. The van der Waals surface area contributed by atoms with Crippen molar-refractivity contribution < 1.29 is 36.2 Å². The minimum absolute atomic E-state index is 0.0360. The first-order valence-corrected chi connectivity index (χ1v) is 8.92. The lowest BCUT2D eigenvalue weighted by atomic mass is 10.0. The van der Waals surface area contributed by atoms with E-state index in [2.05, 4.69) is 0 Å². The van der Waals surface area contributed by atoms with Crippen molar-refractivity contribution in [1.82, 2.24) is 0 Å². The Morgan fingerprint density at radius 2 is 1.96 bits per heavy atom. The summed E-state index contributed by atoms with van der Waals surface area (Å²) in [6, 6.07) is 6.23. The van der Waals surface area contributed by atoms with E-state index in [0.29, 0.717) is 6.07 Å². The lowest BCUT2D eigenvalue weighted by Gasteiger charge is -2.14. The highest BCUT2D eigenvalue weighted by atomic mass is 35.5. The van der Waals surface area contributed by atoms with Gasteiger partial charge in [0.15, 0.2) is 0 Å². The van der Waals surface area contributed by atoms with Crippen molar-refractivity contribution in [2.45, 2.75) is 17.1 Å². The summed E-state index contributed by atoms with van der Waals surface area (Å²) in [6.45, 7) is 0. The Hall–Kier alpha value is -2.77. The van der Waals surface area contributed by atoms with Gasteiger partial charge in [-0.1, -0.05) is 11.6 Å². The molecule has 0 bridgehead atoms. The number of alkyl halides is 2. The number of sulfone groups is 1. The number of hydrogen-bond acceptors (Lipinski definition) is 5. The van der Waals surface area contributed by atoms with Crippen molar-refractivity contribution in [1.29, 1.82) is 5.26 Å². The smallest absolute Gasteiger partial charge is 0.341 e. The molecule has 2 rings (SSSR count). The Labute approximate surface area is 156 Å². The van der Waals surface area contributed by atoms with Crippen molar-refractivity contribution in [2.24, 2.45) is 0 Å². The van der Waals surface area contributed by atoms with E-state index >= 15 is 0 Å². The summed E-state index contributed by atoms with van der Waals surface area (Å²) < 4.78 is 68.1. The molecule has 1 N–H and O–H groups in total. The number of nitrogens with zero attached hydrogens (tertiary/aromatic N) is 1. The molecule has 2 aromatic rings. The second kappa shape index (κ2) is 7.85. The zero-order valence-corrected chi connectivity index (χ0v) is 14.7. The molecule has 0 aromatic heterocycles. The Balaban J connectivity index is 2.67. The van der Waals surface area contributed by atoms with E-state index in [1.165, 1.54) is 6.07 Å². The molecule has 0 saturated heterocycles. The Kier molecular flexibility index (Phi) is 5.98. The molecule has 0 aliphatic carbocycles. The average molecular weight is 420 g/mol. The number of carbonyl (C=O) groups is 1. The summed E-state index contributed by atoms with van der Waals surface area (Å²) in [5.41, 5.74) is -1.25. The van der Waals surface area contributed by atoms with E-state index in [0.717, 1.165) is 18.2 Å². The summed E-state index contributed by atoms with van der Waals surface area (Å²) in [6.07, 6.45) is -1.02. The summed E-state index contributed by atoms with van der Waals surface area (Å²) in [5.74, 6) is -6.64. The van der Waals surface area contributed by atoms with Gasteiger partial charge in [-0.05, 0) is 24.3 Å². The zero-order chi connectivity index (χ0) is 20.4. The molecule has 11 heteroatoms. The first kappa shape index (κ1) is 20.5. The van der Waals surface area contributed by atoms with Gasteiger partial charge >= 0.3 is 11.7 Å². The molecule has 142 valence electrons. The summed E-state index contributed by atoms with van der Waals surface area (Å²) in [5, 5.41) is 18.3. The molecule has 0 aliphatic rings. The number of carboxylic acids is 1. The Bertz CT molecular complexity index is 1030. The van der Waals surface area contributed by atoms with Crippen molar-refractivity contribution in [2.75, 3.05) is 0 Å². The molecule has 27 heavy (non-hydrogen) atoms. The van der Waals surface area contributed by atoms with E-state index in [1.807, 2.05) is 0 Å². The summed E-state index contributed by atoms with van der Waals surface area (Å²) in [7, 11) is -5.17. The minimum Gasteiger partial charge on any atom is -0.481 e. The van der Waals surface area contributed by atoms with Gasteiger partial charge < -0.3 is 9.84 Å². The van der Waals surface area contributed by atoms with E-state index in [-0.39, 0.29) is 16.5 Å². The van der Waals surface area contributed by atoms with Crippen molar-refractivity contribution >= 4 is 27.4 Å². The highest BCUT2D eigenvalue weighted by molar-refractivity contribution is 7.91. The Morgan fingerprint density at radius 3 is 2.48 bits per heavy atom. The molecule has 0 fully saturated rings. The van der Waals surface area contributed by atoms with Crippen LogP contribution in [-0.2, 0) is 21.1 Å². The molecule has 0 amide bonds. The van der Waals surface area contributed by atoms with Crippen LogP contribution in [0.15, 0.2) is 35.2 Å². The van der Waals surface area contributed by atoms with Gasteiger partial charge in [-0.3, -0.25) is 4.79 Å². The van der Waals surface area contributed by atoms with E-state index in [4.69, 9.17) is 21.4 Å². The number of halogens is 4. The zero-order valence-electron chi connectivity index (χ0n) is 13.1. The maximum absolute atomic E-state index is 13.4. The third-order valence-corrected chi connectivity index (χ3v) is 4.96. The monoisotopic (exact) mass is 419 g/mol. The number of benzene rings is 2. The molecular formula is C16H9ClF3NO5S. The Morgan fingerprint density at radius 1 is 1.30 bits per heavy atom.